The van der Waals surface area contributed by atoms with E-state index < -0.39 is 0 Å². The minimum absolute atomic E-state index is 0.0173. The molecule has 0 saturated heterocycles. The maximum absolute atomic E-state index is 12.6. The van der Waals surface area contributed by atoms with Crippen molar-refractivity contribution in [3.05, 3.63) is 65.9 Å². The predicted molar refractivity (Wildman–Crippen MR) is 99.4 cm³/mol. The molecule has 1 amide bonds. The van der Waals surface area contributed by atoms with Crippen LogP contribution < -0.4 is 14.8 Å². The molecule has 0 unspecified atom stereocenters. The molecule has 3 aromatic rings. The van der Waals surface area contributed by atoms with Crippen molar-refractivity contribution in [2.75, 3.05) is 6.79 Å². The number of benzene rings is 2. The first-order valence-electron chi connectivity index (χ1n) is 8.93. The molecule has 4 rings (SSSR count). The summed E-state index contributed by atoms with van der Waals surface area (Å²) < 4.78 is 16.1. The summed E-state index contributed by atoms with van der Waals surface area (Å²) in [5.74, 6) is 1.83. The molecule has 0 bridgehead atoms. The van der Waals surface area contributed by atoms with Crippen LogP contribution in [0.3, 0.4) is 0 Å². The lowest BCUT2D eigenvalue weighted by Gasteiger charge is -2.14. The van der Waals surface area contributed by atoms with Gasteiger partial charge in [0.05, 0.1) is 12.5 Å². The van der Waals surface area contributed by atoms with E-state index in [-0.39, 0.29) is 18.6 Å². The van der Waals surface area contributed by atoms with Crippen LogP contribution in [0.2, 0.25) is 0 Å². The highest BCUT2D eigenvalue weighted by Gasteiger charge is 2.19. The molecule has 1 aliphatic heterocycles. The molecule has 0 aliphatic carbocycles. The van der Waals surface area contributed by atoms with Crippen LogP contribution in [-0.2, 0) is 11.3 Å². The molecule has 2 heterocycles. The Morgan fingerprint density at radius 1 is 1.11 bits per heavy atom. The van der Waals surface area contributed by atoms with Gasteiger partial charge in [0.2, 0.25) is 12.7 Å². The number of nitrogens with zero attached hydrogens (tertiary/aromatic N) is 1. The average Bonchev–Trinajstić information content (AvgIpc) is 3.36. The van der Waals surface area contributed by atoms with Gasteiger partial charge in [0.1, 0.15) is 5.69 Å². The summed E-state index contributed by atoms with van der Waals surface area (Å²) in [5.41, 5.74) is 2.53. The van der Waals surface area contributed by atoms with Crippen LogP contribution in [0.4, 0.5) is 0 Å². The van der Waals surface area contributed by atoms with Gasteiger partial charge in [-0.2, -0.15) is 0 Å². The van der Waals surface area contributed by atoms with E-state index in [0.717, 1.165) is 23.3 Å². The largest absolute Gasteiger partial charge is 0.454 e. The standard InChI is InChI=1S/C21H20N2O4/c1-2-17(14-6-4-3-5-7-14)21(24)22-12-16-11-19(27-23-16)15-8-9-18-20(10-15)26-13-25-18/h3-11,17H,2,12-13H2,1H3,(H,22,24)/t17-/m0/s1. The van der Waals surface area contributed by atoms with Crippen molar-refractivity contribution in [2.45, 2.75) is 25.8 Å². The third-order valence-electron chi connectivity index (χ3n) is 4.59. The van der Waals surface area contributed by atoms with Gasteiger partial charge in [0, 0.05) is 11.6 Å². The molecule has 1 aliphatic rings. The van der Waals surface area contributed by atoms with Gasteiger partial charge in [-0.3, -0.25) is 4.79 Å². The number of nitrogens with one attached hydrogen (secondary N) is 1. The van der Waals surface area contributed by atoms with Crippen molar-refractivity contribution >= 4 is 5.91 Å². The number of aromatic nitrogens is 1. The van der Waals surface area contributed by atoms with E-state index in [0.29, 0.717) is 23.7 Å². The van der Waals surface area contributed by atoms with Crippen molar-refractivity contribution in [1.29, 1.82) is 0 Å². The molecular formula is C21H20N2O4. The van der Waals surface area contributed by atoms with Crippen LogP contribution in [0, 0.1) is 0 Å². The number of hydrogen-bond donors (Lipinski definition) is 1. The van der Waals surface area contributed by atoms with E-state index in [1.54, 1.807) is 0 Å². The molecule has 6 nitrogen and oxygen atoms in total. The quantitative estimate of drug-likeness (QED) is 0.718. The summed E-state index contributed by atoms with van der Waals surface area (Å²) >= 11 is 0. The van der Waals surface area contributed by atoms with E-state index in [4.69, 9.17) is 14.0 Å². The highest BCUT2D eigenvalue weighted by atomic mass is 16.7. The zero-order chi connectivity index (χ0) is 18.6. The van der Waals surface area contributed by atoms with Crippen LogP contribution in [0.5, 0.6) is 11.5 Å². The second kappa shape index (κ2) is 7.53. The number of hydrogen-bond acceptors (Lipinski definition) is 5. The monoisotopic (exact) mass is 364 g/mol. The first kappa shape index (κ1) is 17.1. The Hall–Kier alpha value is -3.28. The van der Waals surface area contributed by atoms with E-state index >= 15 is 0 Å². The van der Waals surface area contributed by atoms with Crippen LogP contribution >= 0.6 is 0 Å². The number of carbonyl (C=O) groups excluding carboxylic acids is 1. The average molecular weight is 364 g/mol. The summed E-state index contributed by atoms with van der Waals surface area (Å²) in [4.78, 5) is 12.6. The lowest BCUT2D eigenvalue weighted by Crippen LogP contribution is -2.28. The number of ether oxygens (including phenoxy) is 2. The maximum Gasteiger partial charge on any atom is 0.231 e. The highest BCUT2D eigenvalue weighted by Crippen LogP contribution is 2.36. The van der Waals surface area contributed by atoms with Gasteiger partial charge in [-0.25, -0.2) is 0 Å². The molecule has 1 N–H and O–H groups in total. The molecule has 27 heavy (non-hydrogen) atoms. The molecule has 1 aromatic heterocycles. The van der Waals surface area contributed by atoms with Crippen LogP contribution in [0.1, 0.15) is 30.5 Å². The SMILES string of the molecule is CC[C@H](C(=O)NCc1cc(-c2ccc3c(c2)OCO3)on1)c1ccccc1. The second-order valence-electron chi connectivity index (χ2n) is 6.34. The van der Waals surface area contributed by atoms with Crippen molar-refractivity contribution in [1.82, 2.24) is 10.5 Å². The number of fused-ring (bicyclic) bond motifs is 1. The third kappa shape index (κ3) is 3.65. The highest BCUT2D eigenvalue weighted by molar-refractivity contribution is 5.83. The van der Waals surface area contributed by atoms with Crippen LogP contribution in [0.15, 0.2) is 59.1 Å². The Morgan fingerprint density at radius 3 is 2.74 bits per heavy atom. The number of amides is 1. The first-order valence-corrected chi connectivity index (χ1v) is 8.93. The zero-order valence-electron chi connectivity index (χ0n) is 15.0. The molecule has 2 aromatic carbocycles. The minimum Gasteiger partial charge on any atom is -0.454 e. The van der Waals surface area contributed by atoms with E-state index in [1.165, 1.54) is 0 Å². The van der Waals surface area contributed by atoms with E-state index in [9.17, 15) is 4.79 Å². The molecule has 6 heteroatoms. The second-order valence-corrected chi connectivity index (χ2v) is 6.34. The molecule has 1 atom stereocenters. The summed E-state index contributed by atoms with van der Waals surface area (Å²) in [6.07, 6.45) is 0.733. The Morgan fingerprint density at radius 2 is 1.93 bits per heavy atom. The first-order chi connectivity index (χ1) is 13.2. The Kier molecular flexibility index (Phi) is 4.78. The summed E-state index contributed by atoms with van der Waals surface area (Å²) in [6.45, 7) is 2.55. The third-order valence-corrected chi connectivity index (χ3v) is 4.59. The molecule has 0 fully saturated rings. The molecule has 0 radical (unpaired) electrons. The van der Waals surface area contributed by atoms with Crippen molar-refractivity contribution in [3.63, 3.8) is 0 Å². The van der Waals surface area contributed by atoms with Gasteiger partial charge < -0.3 is 19.3 Å². The minimum atomic E-state index is -0.175. The van der Waals surface area contributed by atoms with Crippen molar-refractivity contribution in [2.24, 2.45) is 0 Å². The predicted octanol–water partition coefficient (Wildman–Crippen LogP) is 3.88. The lowest BCUT2D eigenvalue weighted by atomic mass is 9.96. The summed E-state index contributed by atoms with van der Waals surface area (Å²) in [5, 5.41) is 7.00. The summed E-state index contributed by atoms with van der Waals surface area (Å²) in [7, 11) is 0. The fourth-order valence-electron chi connectivity index (χ4n) is 3.14. The van der Waals surface area contributed by atoms with E-state index in [1.807, 2.05) is 61.5 Å². The fraction of sp³-hybridized carbons (Fsp3) is 0.238. The molecule has 0 saturated carbocycles. The van der Waals surface area contributed by atoms with Crippen LogP contribution in [-0.4, -0.2) is 17.9 Å². The molecular weight excluding hydrogens is 344 g/mol. The van der Waals surface area contributed by atoms with Gasteiger partial charge in [0.25, 0.3) is 0 Å². The zero-order valence-corrected chi connectivity index (χ0v) is 15.0. The van der Waals surface area contributed by atoms with Crippen LogP contribution in [0.25, 0.3) is 11.3 Å². The van der Waals surface area contributed by atoms with E-state index in [2.05, 4.69) is 10.5 Å². The Labute approximate surface area is 157 Å². The van der Waals surface area contributed by atoms with Crippen molar-refractivity contribution in [3.8, 4) is 22.8 Å². The molecule has 0 spiro atoms. The normalized spacial score (nSPS) is 13.4. The van der Waals surface area contributed by atoms with Crippen molar-refractivity contribution < 1.29 is 18.8 Å². The lowest BCUT2D eigenvalue weighted by molar-refractivity contribution is -0.122. The van der Waals surface area contributed by atoms with Gasteiger partial charge >= 0.3 is 0 Å². The Balaban J connectivity index is 1.41. The van der Waals surface area contributed by atoms with Gasteiger partial charge in [-0.1, -0.05) is 42.4 Å². The smallest absolute Gasteiger partial charge is 0.231 e. The number of rotatable bonds is 6. The van der Waals surface area contributed by atoms with Gasteiger partial charge in [-0.05, 0) is 30.2 Å². The summed E-state index contributed by atoms with van der Waals surface area (Å²) in [6, 6.07) is 17.2. The maximum atomic E-state index is 12.6. The van der Waals surface area contributed by atoms with Gasteiger partial charge in [0.15, 0.2) is 17.3 Å². The topological polar surface area (TPSA) is 73.6 Å². The fourth-order valence-corrected chi connectivity index (χ4v) is 3.14. The van der Waals surface area contributed by atoms with Gasteiger partial charge in [-0.15, -0.1) is 0 Å². The number of carbonyl (C=O) groups is 1. The molecule has 138 valence electrons. The Bertz CT molecular complexity index is 936.